The molecule has 0 spiro atoms. The van der Waals surface area contributed by atoms with Crippen molar-refractivity contribution in [3.05, 3.63) is 29.6 Å². The van der Waals surface area contributed by atoms with Gasteiger partial charge in [-0.15, -0.1) is 0 Å². The summed E-state index contributed by atoms with van der Waals surface area (Å²) >= 11 is 0. The van der Waals surface area contributed by atoms with Gasteiger partial charge < -0.3 is 15.4 Å². The number of carbonyl (C=O) groups is 2. The Kier molecular flexibility index (Phi) is 5.51. The second-order valence-corrected chi connectivity index (χ2v) is 3.92. The van der Waals surface area contributed by atoms with Crippen LogP contribution in [-0.4, -0.2) is 38.2 Å². The van der Waals surface area contributed by atoms with Gasteiger partial charge >= 0.3 is 12.2 Å². The van der Waals surface area contributed by atoms with Crippen LogP contribution >= 0.6 is 0 Å². The zero-order valence-electron chi connectivity index (χ0n) is 10.9. The van der Waals surface area contributed by atoms with Crippen LogP contribution in [0.2, 0.25) is 0 Å². The number of ketones is 1. The maximum Gasteiger partial charge on any atom is 0.405 e. The van der Waals surface area contributed by atoms with Gasteiger partial charge in [0.05, 0.1) is 19.2 Å². The van der Waals surface area contributed by atoms with E-state index in [1.165, 1.54) is 18.5 Å². The lowest BCUT2D eigenvalue weighted by atomic mass is 10.1. The number of rotatable bonds is 5. The van der Waals surface area contributed by atoms with Crippen LogP contribution in [0.25, 0.3) is 0 Å². The number of methoxy groups -OCH3 is 1. The average Bonchev–Trinajstić information content (AvgIpc) is 2.41. The first-order valence-corrected chi connectivity index (χ1v) is 5.68. The largest absolute Gasteiger partial charge is 0.496 e. The Morgan fingerprint density at radius 1 is 1.24 bits per heavy atom. The molecule has 0 atom stereocenters. The first kappa shape index (κ1) is 16.7. The van der Waals surface area contributed by atoms with Crippen molar-refractivity contribution >= 4 is 11.8 Å². The van der Waals surface area contributed by atoms with E-state index in [9.17, 15) is 27.2 Å². The van der Waals surface area contributed by atoms with Gasteiger partial charge in [-0.2, -0.15) is 13.2 Å². The van der Waals surface area contributed by atoms with E-state index < -0.39 is 36.9 Å². The molecule has 0 aliphatic heterocycles. The SMILES string of the molecule is COc1ccc(F)cc1C(=O)CNC(=O)NCC(F)(F)F. The minimum atomic E-state index is -4.55. The van der Waals surface area contributed by atoms with Crippen molar-refractivity contribution in [2.75, 3.05) is 20.2 Å². The maximum atomic E-state index is 13.1. The summed E-state index contributed by atoms with van der Waals surface area (Å²) in [6.07, 6.45) is -4.55. The highest BCUT2D eigenvalue weighted by Gasteiger charge is 2.27. The molecule has 0 saturated carbocycles. The van der Waals surface area contributed by atoms with Crippen LogP contribution in [0, 0.1) is 5.82 Å². The Balaban J connectivity index is 2.58. The zero-order valence-corrected chi connectivity index (χ0v) is 10.9. The monoisotopic (exact) mass is 308 g/mol. The number of halogens is 4. The standard InChI is InChI=1S/C12H12F4N2O3/c1-21-10-3-2-7(13)4-8(10)9(19)5-17-11(20)18-6-12(14,15)16/h2-4H,5-6H2,1H3,(H2,17,18,20). The van der Waals surface area contributed by atoms with E-state index in [0.29, 0.717) is 0 Å². The molecular formula is C12H12F4N2O3. The number of hydrogen-bond acceptors (Lipinski definition) is 3. The molecule has 0 fully saturated rings. The molecular weight excluding hydrogens is 296 g/mol. The molecule has 116 valence electrons. The number of amides is 2. The summed E-state index contributed by atoms with van der Waals surface area (Å²) in [4.78, 5) is 22.8. The number of benzene rings is 1. The Labute approximate surface area is 117 Å². The Bertz CT molecular complexity index is 532. The molecule has 0 unspecified atom stereocenters. The summed E-state index contributed by atoms with van der Waals surface area (Å²) in [6.45, 7) is -2.11. The Hall–Kier alpha value is -2.32. The molecule has 0 bridgehead atoms. The summed E-state index contributed by atoms with van der Waals surface area (Å²) in [7, 11) is 1.27. The van der Waals surface area contributed by atoms with E-state index in [1.54, 1.807) is 0 Å². The highest BCUT2D eigenvalue weighted by molar-refractivity contribution is 6.01. The van der Waals surface area contributed by atoms with Gasteiger partial charge in [-0.25, -0.2) is 9.18 Å². The van der Waals surface area contributed by atoms with Crippen molar-refractivity contribution in [1.29, 1.82) is 0 Å². The van der Waals surface area contributed by atoms with Gasteiger partial charge in [0.2, 0.25) is 0 Å². The van der Waals surface area contributed by atoms with Crippen molar-refractivity contribution in [1.82, 2.24) is 10.6 Å². The van der Waals surface area contributed by atoms with Gasteiger partial charge in [-0.3, -0.25) is 4.79 Å². The topological polar surface area (TPSA) is 67.4 Å². The van der Waals surface area contributed by atoms with Crippen molar-refractivity contribution in [2.45, 2.75) is 6.18 Å². The lowest BCUT2D eigenvalue weighted by Gasteiger charge is -2.10. The number of alkyl halides is 3. The molecule has 0 aliphatic carbocycles. The molecule has 5 nitrogen and oxygen atoms in total. The van der Waals surface area contributed by atoms with E-state index in [2.05, 4.69) is 0 Å². The minimum absolute atomic E-state index is 0.0962. The zero-order chi connectivity index (χ0) is 16.0. The van der Waals surface area contributed by atoms with Gasteiger partial charge in [-0.1, -0.05) is 0 Å². The highest BCUT2D eigenvalue weighted by atomic mass is 19.4. The van der Waals surface area contributed by atoms with Crippen LogP contribution in [0.15, 0.2) is 18.2 Å². The van der Waals surface area contributed by atoms with Gasteiger partial charge in [0, 0.05) is 0 Å². The summed E-state index contributed by atoms with van der Waals surface area (Å²) in [5.41, 5.74) is -0.117. The normalized spacial score (nSPS) is 10.9. The van der Waals surface area contributed by atoms with Crippen LogP contribution < -0.4 is 15.4 Å². The molecule has 1 aromatic carbocycles. The van der Waals surface area contributed by atoms with Crippen LogP contribution in [0.4, 0.5) is 22.4 Å². The number of urea groups is 1. The quantitative estimate of drug-likeness (QED) is 0.645. The van der Waals surface area contributed by atoms with E-state index in [0.717, 1.165) is 12.1 Å². The second kappa shape index (κ2) is 6.91. The number of ether oxygens (including phenoxy) is 1. The van der Waals surface area contributed by atoms with Crippen LogP contribution in [0.5, 0.6) is 5.75 Å². The predicted molar refractivity (Wildman–Crippen MR) is 64.7 cm³/mol. The molecule has 9 heteroatoms. The molecule has 0 heterocycles. The van der Waals surface area contributed by atoms with Gasteiger partial charge in [0.15, 0.2) is 5.78 Å². The highest BCUT2D eigenvalue weighted by Crippen LogP contribution is 2.19. The fourth-order valence-corrected chi connectivity index (χ4v) is 1.40. The molecule has 0 saturated heterocycles. The van der Waals surface area contributed by atoms with Crippen LogP contribution in [-0.2, 0) is 0 Å². The molecule has 21 heavy (non-hydrogen) atoms. The molecule has 0 aromatic heterocycles. The van der Waals surface area contributed by atoms with Crippen molar-refractivity contribution in [3.63, 3.8) is 0 Å². The Morgan fingerprint density at radius 2 is 1.90 bits per heavy atom. The van der Waals surface area contributed by atoms with E-state index in [1.807, 2.05) is 5.32 Å². The molecule has 1 rings (SSSR count). The molecule has 0 aliphatic rings. The third-order valence-electron chi connectivity index (χ3n) is 2.32. The Morgan fingerprint density at radius 3 is 2.48 bits per heavy atom. The third kappa shape index (κ3) is 5.67. The smallest absolute Gasteiger partial charge is 0.405 e. The fraction of sp³-hybridized carbons (Fsp3) is 0.333. The second-order valence-electron chi connectivity index (χ2n) is 3.92. The maximum absolute atomic E-state index is 13.1. The predicted octanol–water partition coefficient (Wildman–Crippen LogP) is 1.88. The summed E-state index contributed by atoms with van der Waals surface area (Å²) < 4.78 is 53.5. The first-order valence-electron chi connectivity index (χ1n) is 5.68. The molecule has 0 radical (unpaired) electrons. The summed E-state index contributed by atoms with van der Waals surface area (Å²) in [5, 5.41) is 3.48. The molecule has 2 N–H and O–H groups in total. The van der Waals surface area contributed by atoms with E-state index in [4.69, 9.17) is 4.74 Å². The molecule has 1 aromatic rings. The minimum Gasteiger partial charge on any atom is -0.496 e. The van der Waals surface area contributed by atoms with E-state index in [-0.39, 0.29) is 11.3 Å². The number of nitrogens with one attached hydrogen (secondary N) is 2. The van der Waals surface area contributed by atoms with E-state index >= 15 is 0 Å². The van der Waals surface area contributed by atoms with Crippen LogP contribution in [0.3, 0.4) is 0 Å². The lowest BCUT2D eigenvalue weighted by Crippen LogP contribution is -2.42. The lowest BCUT2D eigenvalue weighted by molar-refractivity contribution is -0.122. The third-order valence-corrected chi connectivity index (χ3v) is 2.32. The van der Waals surface area contributed by atoms with Crippen molar-refractivity contribution < 1.29 is 31.9 Å². The van der Waals surface area contributed by atoms with Gasteiger partial charge in [0.1, 0.15) is 18.1 Å². The average molecular weight is 308 g/mol. The summed E-state index contributed by atoms with van der Waals surface area (Å²) in [6, 6.07) is 2.07. The number of Topliss-reactive ketones (excluding diaryl/α,β-unsaturated/α-hetero) is 1. The van der Waals surface area contributed by atoms with Gasteiger partial charge in [-0.05, 0) is 18.2 Å². The first-order chi connectivity index (χ1) is 9.73. The van der Waals surface area contributed by atoms with Crippen molar-refractivity contribution in [3.8, 4) is 5.75 Å². The fourth-order valence-electron chi connectivity index (χ4n) is 1.40. The van der Waals surface area contributed by atoms with Crippen molar-refractivity contribution in [2.24, 2.45) is 0 Å². The van der Waals surface area contributed by atoms with Crippen LogP contribution in [0.1, 0.15) is 10.4 Å². The number of hydrogen-bond donors (Lipinski definition) is 2. The van der Waals surface area contributed by atoms with Gasteiger partial charge in [0.25, 0.3) is 0 Å². The molecule has 2 amide bonds. The number of carbonyl (C=O) groups excluding carboxylic acids is 2. The summed E-state index contributed by atoms with van der Waals surface area (Å²) in [5.74, 6) is -1.28.